The highest BCUT2D eigenvalue weighted by Gasteiger charge is 2.29. The maximum Gasteiger partial charge on any atom is 0.422 e. The summed E-state index contributed by atoms with van der Waals surface area (Å²) in [4.78, 5) is 14.5. The number of methoxy groups -OCH3 is 1. The largest absolute Gasteiger partial charge is 0.493 e. The summed E-state index contributed by atoms with van der Waals surface area (Å²) >= 11 is 0. The molecule has 0 atom stereocenters. The van der Waals surface area contributed by atoms with Crippen molar-refractivity contribution in [3.05, 3.63) is 47.8 Å². The first kappa shape index (κ1) is 22.7. The highest BCUT2D eigenvalue weighted by Crippen LogP contribution is 2.32. The van der Waals surface area contributed by atoms with E-state index >= 15 is 0 Å². The molecular weight excluding hydrogens is 416 g/mol. The van der Waals surface area contributed by atoms with Crippen molar-refractivity contribution in [2.75, 3.05) is 37.0 Å². The number of carbonyl (C=O) groups is 1. The quantitative estimate of drug-likeness (QED) is 0.591. The lowest BCUT2D eigenvalue weighted by atomic mass is 10.1. The number of hydrogen-bond acceptors (Lipinski definition) is 4. The smallest absolute Gasteiger partial charge is 0.422 e. The first-order valence-electron chi connectivity index (χ1n) is 9.96. The molecule has 0 aliphatic carbocycles. The van der Waals surface area contributed by atoms with Crippen LogP contribution in [0.15, 0.2) is 36.4 Å². The number of para-hydroxylation sites is 1. The van der Waals surface area contributed by atoms with Crippen LogP contribution in [0.5, 0.6) is 11.5 Å². The third-order valence-electron chi connectivity index (χ3n) is 4.96. The number of nitrogens with zero attached hydrogens (tertiary/aromatic N) is 1. The first-order chi connectivity index (χ1) is 14.8. The second-order valence-corrected chi connectivity index (χ2v) is 7.27. The van der Waals surface area contributed by atoms with Crippen LogP contribution in [0, 0.1) is 5.82 Å². The zero-order chi connectivity index (χ0) is 22.4. The number of carbonyl (C=O) groups excluding carboxylic acids is 1. The predicted octanol–water partition coefficient (Wildman–Crippen LogP) is 4.95. The van der Waals surface area contributed by atoms with Gasteiger partial charge in [-0.05, 0) is 49.1 Å². The Labute approximate surface area is 177 Å². The molecule has 0 bridgehead atoms. The van der Waals surface area contributed by atoms with E-state index in [1.807, 2.05) is 4.90 Å². The van der Waals surface area contributed by atoms with Gasteiger partial charge in [-0.1, -0.05) is 12.1 Å². The molecule has 1 aliphatic heterocycles. The molecule has 9 heteroatoms. The fraction of sp³-hybridized carbons (Fsp3) is 0.409. The molecule has 168 valence electrons. The van der Waals surface area contributed by atoms with Crippen molar-refractivity contribution in [3.63, 3.8) is 0 Å². The normalized spacial score (nSPS) is 13.9. The molecule has 1 heterocycles. The molecule has 1 N–H and O–H groups in total. The van der Waals surface area contributed by atoms with Crippen LogP contribution in [-0.2, 0) is 11.2 Å². The molecule has 1 aliphatic rings. The topological polar surface area (TPSA) is 50.8 Å². The minimum Gasteiger partial charge on any atom is -0.493 e. The summed E-state index contributed by atoms with van der Waals surface area (Å²) in [6.07, 6.45) is -2.04. The van der Waals surface area contributed by atoms with Gasteiger partial charge < -0.3 is 19.7 Å². The molecule has 5 nitrogen and oxygen atoms in total. The van der Waals surface area contributed by atoms with E-state index in [2.05, 4.69) is 5.32 Å². The maximum atomic E-state index is 14.4. The Balaban J connectivity index is 1.62. The summed E-state index contributed by atoms with van der Waals surface area (Å²) in [5, 5.41) is 2.67. The zero-order valence-electron chi connectivity index (χ0n) is 17.1. The number of hydrogen-bond donors (Lipinski definition) is 1. The van der Waals surface area contributed by atoms with Crippen LogP contribution in [0.1, 0.15) is 24.8 Å². The predicted molar refractivity (Wildman–Crippen MR) is 109 cm³/mol. The molecule has 0 spiro atoms. The number of aryl methyl sites for hydroxylation is 1. The van der Waals surface area contributed by atoms with E-state index in [9.17, 15) is 22.4 Å². The number of alkyl halides is 3. The van der Waals surface area contributed by atoms with E-state index in [0.29, 0.717) is 17.7 Å². The summed E-state index contributed by atoms with van der Waals surface area (Å²) < 4.78 is 61.3. The Morgan fingerprint density at radius 3 is 2.55 bits per heavy atom. The van der Waals surface area contributed by atoms with Crippen LogP contribution >= 0.6 is 0 Å². The number of rotatable bonds is 8. The average molecular weight is 440 g/mol. The van der Waals surface area contributed by atoms with E-state index in [0.717, 1.165) is 25.9 Å². The van der Waals surface area contributed by atoms with Gasteiger partial charge in [0.05, 0.1) is 12.8 Å². The molecule has 0 aromatic heterocycles. The number of anilines is 2. The average Bonchev–Trinajstić information content (AvgIpc) is 3.26. The fourth-order valence-corrected chi connectivity index (χ4v) is 3.46. The fourth-order valence-electron chi connectivity index (χ4n) is 3.46. The second kappa shape index (κ2) is 9.89. The van der Waals surface area contributed by atoms with Crippen molar-refractivity contribution in [1.82, 2.24) is 0 Å². The third kappa shape index (κ3) is 6.26. The zero-order valence-corrected chi connectivity index (χ0v) is 17.1. The van der Waals surface area contributed by atoms with Crippen molar-refractivity contribution in [2.24, 2.45) is 0 Å². The molecule has 0 unspecified atom stereocenters. The van der Waals surface area contributed by atoms with Gasteiger partial charge in [-0.25, -0.2) is 4.39 Å². The number of benzene rings is 2. The highest BCUT2D eigenvalue weighted by atomic mass is 19.4. The van der Waals surface area contributed by atoms with Gasteiger partial charge in [0.2, 0.25) is 5.91 Å². The second-order valence-electron chi connectivity index (χ2n) is 7.27. The summed E-state index contributed by atoms with van der Waals surface area (Å²) in [5.74, 6) is -0.741. The summed E-state index contributed by atoms with van der Waals surface area (Å²) in [7, 11) is 1.32. The van der Waals surface area contributed by atoms with Crippen LogP contribution in [0.3, 0.4) is 0 Å². The van der Waals surface area contributed by atoms with Gasteiger partial charge >= 0.3 is 6.18 Å². The molecule has 1 amide bonds. The van der Waals surface area contributed by atoms with E-state index in [1.165, 1.54) is 25.3 Å². The number of amides is 1. The standard InChI is InChI=1S/C22H24F4N2O3/c1-30-19-13-15(7-9-18(19)31-14-22(24,25)26)8-10-20(29)27-21-16(23)5-4-6-17(21)28-11-2-3-12-28/h4-7,9,13H,2-3,8,10-12,14H2,1H3,(H,27,29). The van der Waals surface area contributed by atoms with Crippen LogP contribution < -0.4 is 19.7 Å². The number of ether oxygens (including phenoxy) is 2. The van der Waals surface area contributed by atoms with Crippen molar-refractivity contribution in [2.45, 2.75) is 31.9 Å². The van der Waals surface area contributed by atoms with Gasteiger partial charge in [0.25, 0.3) is 0 Å². The molecule has 3 rings (SSSR count). The van der Waals surface area contributed by atoms with Gasteiger partial charge in [0.1, 0.15) is 11.5 Å². The van der Waals surface area contributed by atoms with E-state index < -0.39 is 18.6 Å². The van der Waals surface area contributed by atoms with Gasteiger partial charge in [-0.3, -0.25) is 4.79 Å². The maximum absolute atomic E-state index is 14.4. The van der Waals surface area contributed by atoms with Crippen LogP contribution in [0.25, 0.3) is 0 Å². The molecule has 1 fully saturated rings. The summed E-state index contributed by atoms with van der Waals surface area (Å²) in [6, 6.07) is 9.18. The van der Waals surface area contributed by atoms with E-state index in [1.54, 1.807) is 18.2 Å². The first-order valence-corrected chi connectivity index (χ1v) is 9.96. The molecule has 0 saturated carbocycles. The SMILES string of the molecule is COc1cc(CCC(=O)Nc2c(F)cccc2N2CCCC2)ccc1OCC(F)(F)F. The lowest BCUT2D eigenvalue weighted by Gasteiger charge is -2.22. The van der Waals surface area contributed by atoms with Crippen LogP contribution in [-0.4, -0.2) is 38.9 Å². The van der Waals surface area contributed by atoms with Crippen molar-refractivity contribution >= 4 is 17.3 Å². The Morgan fingerprint density at radius 1 is 1.13 bits per heavy atom. The third-order valence-corrected chi connectivity index (χ3v) is 4.96. The minimum absolute atomic E-state index is 0.0327. The van der Waals surface area contributed by atoms with Crippen molar-refractivity contribution in [1.29, 1.82) is 0 Å². The Kier molecular flexibility index (Phi) is 7.25. The van der Waals surface area contributed by atoms with Crippen molar-refractivity contribution in [3.8, 4) is 11.5 Å². The minimum atomic E-state index is -4.46. The summed E-state index contributed by atoms with van der Waals surface area (Å²) in [6.45, 7) is 0.205. The van der Waals surface area contributed by atoms with Crippen LogP contribution in [0.2, 0.25) is 0 Å². The van der Waals surface area contributed by atoms with E-state index in [-0.39, 0.29) is 29.5 Å². The van der Waals surface area contributed by atoms with Crippen molar-refractivity contribution < 1.29 is 31.8 Å². The van der Waals surface area contributed by atoms with Gasteiger partial charge in [0, 0.05) is 19.5 Å². The van der Waals surface area contributed by atoms with Gasteiger partial charge in [-0.15, -0.1) is 0 Å². The molecule has 1 saturated heterocycles. The van der Waals surface area contributed by atoms with Gasteiger partial charge in [0.15, 0.2) is 18.1 Å². The molecule has 2 aromatic carbocycles. The lowest BCUT2D eigenvalue weighted by molar-refractivity contribution is -0.153. The molecule has 31 heavy (non-hydrogen) atoms. The highest BCUT2D eigenvalue weighted by molar-refractivity contribution is 5.94. The summed E-state index contributed by atoms with van der Waals surface area (Å²) in [5.41, 5.74) is 1.52. The van der Waals surface area contributed by atoms with E-state index in [4.69, 9.17) is 9.47 Å². The van der Waals surface area contributed by atoms with Crippen LogP contribution in [0.4, 0.5) is 28.9 Å². The monoisotopic (exact) mass is 440 g/mol. The molecular formula is C22H24F4N2O3. The number of halogens is 4. The number of nitrogens with one attached hydrogen (secondary N) is 1. The molecule has 0 radical (unpaired) electrons. The Bertz CT molecular complexity index is 912. The van der Waals surface area contributed by atoms with Gasteiger partial charge in [-0.2, -0.15) is 13.2 Å². The molecule has 2 aromatic rings. The lowest BCUT2D eigenvalue weighted by Crippen LogP contribution is -2.22. The Hall–Kier alpha value is -2.97. The Morgan fingerprint density at radius 2 is 1.87 bits per heavy atom.